The summed E-state index contributed by atoms with van der Waals surface area (Å²) in [5, 5.41) is 3.14. The quantitative estimate of drug-likeness (QED) is 0.849. The van der Waals surface area contributed by atoms with E-state index in [1.165, 1.54) is 32.1 Å². The monoisotopic (exact) mass is 306 g/mol. The van der Waals surface area contributed by atoms with Gasteiger partial charge >= 0.3 is 0 Å². The Hall–Kier alpha value is -1.00. The number of hydrogen-bond acceptors (Lipinski definition) is 3. The zero-order valence-electron chi connectivity index (χ0n) is 12.9. The summed E-state index contributed by atoms with van der Waals surface area (Å²) < 4.78 is 0.251. The van der Waals surface area contributed by atoms with Crippen molar-refractivity contribution in [3.8, 4) is 0 Å². The van der Waals surface area contributed by atoms with Gasteiger partial charge < -0.3 is 11.1 Å². The van der Waals surface area contributed by atoms with Crippen LogP contribution in [0.3, 0.4) is 0 Å². The van der Waals surface area contributed by atoms with Crippen molar-refractivity contribution in [1.29, 1.82) is 0 Å². The molecular formula is C17H26N2OS. The predicted molar refractivity (Wildman–Crippen MR) is 90.4 cm³/mol. The van der Waals surface area contributed by atoms with E-state index in [0.29, 0.717) is 13.0 Å². The van der Waals surface area contributed by atoms with E-state index in [4.69, 9.17) is 5.73 Å². The van der Waals surface area contributed by atoms with Crippen LogP contribution < -0.4 is 11.1 Å². The first-order valence-electron chi connectivity index (χ1n) is 7.78. The first-order valence-corrected chi connectivity index (χ1v) is 9.00. The summed E-state index contributed by atoms with van der Waals surface area (Å²) in [5.41, 5.74) is 7.83. The van der Waals surface area contributed by atoms with Gasteiger partial charge in [-0.05, 0) is 30.2 Å². The maximum absolute atomic E-state index is 12.2. The standard InChI is InChI=1S/C17H26N2OS/c1-21-17(9-5-2-6-10-17)13-19-16(20)11-14-7-3-4-8-15(14)12-18/h3-4,7-8H,2,5-6,9-13,18H2,1H3,(H,19,20). The second-order valence-electron chi connectivity index (χ2n) is 5.87. The van der Waals surface area contributed by atoms with Gasteiger partial charge in [0, 0.05) is 17.8 Å². The molecule has 0 aromatic heterocycles. The van der Waals surface area contributed by atoms with Gasteiger partial charge in [-0.1, -0.05) is 43.5 Å². The third kappa shape index (κ3) is 4.48. The highest BCUT2D eigenvalue weighted by molar-refractivity contribution is 8.00. The van der Waals surface area contributed by atoms with Crippen molar-refractivity contribution in [2.24, 2.45) is 5.73 Å². The Labute approximate surface area is 132 Å². The summed E-state index contributed by atoms with van der Waals surface area (Å²) in [5.74, 6) is 0.106. The molecule has 21 heavy (non-hydrogen) atoms. The van der Waals surface area contributed by atoms with Gasteiger partial charge in [0.1, 0.15) is 0 Å². The van der Waals surface area contributed by atoms with E-state index in [-0.39, 0.29) is 10.7 Å². The number of thioether (sulfide) groups is 1. The van der Waals surface area contributed by atoms with E-state index in [9.17, 15) is 4.79 Å². The predicted octanol–water partition coefficient (Wildman–Crippen LogP) is 2.87. The number of carbonyl (C=O) groups excluding carboxylic acids is 1. The van der Waals surface area contributed by atoms with Crippen molar-refractivity contribution in [1.82, 2.24) is 5.32 Å². The van der Waals surface area contributed by atoms with Crippen molar-refractivity contribution in [3.63, 3.8) is 0 Å². The van der Waals surface area contributed by atoms with E-state index in [1.807, 2.05) is 36.0 Å². The highest BCUT2D eigenvalue weighted by Gasteiger charge is 2.31. The topological polar surface area (TPSA) is 55.1 Å². The van der Waals surface area contributed by atoms with E-state index in [2.05, 4.69) is 11.6 Å². The van der Waals surface area contributed by atoms with Gasteiger partial charge in [-0.3, -0.25) is 4.79 Å². The Bertz CT molecular complexity index is 470. The summed E-state index contributed by atoms with van der Waals surface area (Å²) in [6, 6.07) is 7.92. The van der Waals surface area contributed by atoms with Gasteiger partial charge in [0.2, 0.25) is 5.91 Å². The van der Waals surface area contributed by atoms with Gasteiger partial charge in [-0.2, -0.15) is 11.8 Å². The fraction of sp³-hybridized carbons (Fsp3) is 0.588. The Balaban J connectivity index is 1.89. The van der Waals surface area contributed by atoms with Crippen molar-refractivity contribution in [2.75, 3.05) is 12.8 Å². The molecule has 0 unspecified atom stereocenters. The maximum atomic E-state index is 12.2. The smallest absolute Gasteiger partial charge is 0.224 e. The number of hydrogen-bond donors (Lipinski definition) is 2. The summed E-state index contributed by atoms with van der Waals surface area (Å²) >= 11 is 1.91. The molecule has 0 saturated heterocycles. The van der Waals surface area contributed by atoms with Crippen molar-refractivity contribution in [3.05, 3.63) is 35.4 Å². The lowest BCUT2D eigenvalue weighted by atomic mass is 9.88. The van der Waals surface area contributed by atoms with E-state index < -0.39 is 0 Å². The van der Waals surface area contributed by atoms with Crippen LogP contribution in [0.2, 0.25) is 0 Å². The molecule has 1 fully saturated rings. The van der Waals surface area contributed by atoms with Crippen LogP contribution in [0.5, 0.6) is 0 Å². The van der Waals surface area contributed by atoms with Gasteiger partial charge in [-0.15, -0.1) is 0 Å². The molecule has 4 heteroatoms. The molecule has 116 valence electrons. The Morgan fingerprint density at radius 3 is 2.52 bits per heavy atom. The molecule has 0 bridgehead atoms. The second-order valence-corrected chi connectivity index (χ2v) is 7.15. The minimum absolute atomic E-state index is 0.106. The van der Waals surface area contributed by atoms with Crippen LogP contribution in [0.1, 0.15) is 43.2 Å². The van der Waals surface area contributed by atoms with Crippen molar-refractivity contribution < 1.29 is 4.79 Å². The van der Waals surface area contributed by atoms with Crippen LogP contribution in [0, 0.1) is 0 Å². The lowest BCUT2D eigenvalue weighted by molar-refractivity contribution is -0.120. The molecule has 1 aromatic rings. The van der Waals surface area contributed by atoms with E-state index >= 15 is 0 Å². The summed E-state index contributed by atoms with van der Waals surface area (Å²) in [6.07, 6.45) is 8.93. The highest BCUT2D eigenvalue weighted by atomic mass is 32.2. The fourth-order valence-electron chi connectivity index (χ4n) is 3.07. The van der Waals surface area contributed by atoms with Gasteiger partial charge in [0.25, 0.3) is 0 Å². The normalized spacial score (nSPS) is 17.4. The number of nitrogens with one attached hydrogen (secondary N) is 1. The second kappa shape index (κ2) is 7.85. The molecule has 3 N–H and O–H groups in total. The maximum Gasteiger partial charge on any atom is 0.224 e. The summed E-state index contributed by atoms with van der Waals surface area (Å²) in [7, 11) is 0. The number of carbonyl (C=O) groups is 1. The first kappa shape index (κ1) is 16.4. The number of benzene rings is 1. The average molecular weight is 306 g/mol. The molecule has 1 amide bonds. The average Bonchev–Trinajstić information content (AvgIpc) is 2.54. The van der Waals surface area contributed by atoms with Crippen LogP contribution in [-0.2, 0) is 17.8 Å². The zero-order chi connectivity index (χ0) is 15.1. The molecule has 1 saturated carbocycles. The molecule has 0 radical (unpaired) electrons. The lowest BCUT2D eigenvalue weighted by Crippen LogP contribution is -2.42. The van der Waals surface area contributed by atoms with Gasteiger partial charge in [0.15, 0.2) is 0 Å². The molecule has 1 aliphatic rings. The molecule has 1 aromatic carbocycles. The zero-order valence-corrected chi connectivity index (χ0v) is 13.7. The molecule has 0 spiro atoms. The largest absolute Gasteiger partial charge is 0.354 e. The van der Waals surface area contributed by atoms with Crippen LogP contribution in [0.15, 0.2) is 24.3 Å². The molecular weight excluding hydrogens is 280 g/mol. The molecule has 1 aliphatic carbocycles. The van der Waals surface area contributed by atoms with Crippen LogP contribution in [0.25, 0.3) is 0 Å². The third-order valence-corrected chi connectivity index (χ3v) is 5.91. The third-order valence-electron chi connectivity index (χ3n) is 4.49. The van der Waals surface area contributed by atoms with Gasteiger partial charge in [-0.25, -0.2) is 0 Å². The Morgan fingerprint density at radius 1 is 1.24 bits per heavy atom. The highest BCUT2D eigenvalue weighted by Crippen LogP contribution is 2.37. The molecule has 3 nitrogen and oxygen atoms in total. The Morgan fingerprint density at radius 2 is 1.90 bits per heavy atom. The van der Waals surface area contributed by atoms with Gasteiger partial charge in [0.05, 0.1) is 6.42 Å². The fourth-order valence-corrected chi connectivity index (χ4v) is 3.99. The SMILES string of the molecule is CSC1(CNC(=O)Cc2ccccc2CN)CCCCC1. The van der Waals surface area contributed by atoms with Crippen LogP contribution in [0.4, 0.5) is 0 Å². The molecule has 0 aliphatic heterocycles. The lowest BCUT2D eigenvalue weighted by Gasteiger charge is -2.35. The molecule has 0 atom stereocenters. The minimum Gasteiger partial charge on any atom is -0.354 e. The first-order chi connectivity index (χ1) is 10.2. The summed E-state index contributed by atoms with van der Waals surface area (Å²) in [4.78, 5) is 12.2. The number of nitrogens with two attached hydrogens (primary N) is 1. The van der Waals surface area contributed by atoms with Crippen LogP contribution in [-0.4, -0.2) is 23.5 Å². The number of amides is 1. The van der Waals surface area contributed by atoms with E-state index in [1.54, 1.807) is 0 Å². The molecule has 0 heterocycles. The molecule has 2 rings (SSSR count). The van der Waals surface area contributed by atoms with E-state index in [0.717, 1.165) is 17.7 Å². The van der Waals surface area contributed by atoms with Crippen molar-refractivity contribution in [2.45, 2.75) is 49.8 Å². The minimum atomic E-state index is 0.106. The number of rotatable bonds is 6. The van der Waals surface area contributed by atoms with Crippen LogP contribution >= 0.6 is 11.8 Å². The Kier molecular flexibility index (Phi) is 6.12. The van der Waals surface area contributed by atoms with Crippen molar-refractivity contribution >= 4 is 17.7 Å². The summed E-state index contributed by atoms with van der Waals surface area (Å²) in [6.45, 7) is 1.27.